The molecule has 0 unspecified atom stereocenters. The average molecular weight is 316 g/mol. The summed E-state index contributed by atoms with van der Waals surface area (Å²) in [5.74, 6) is 0.438. The quantitative estimate of drug-likeness (QED) is 0.672. The van der Waals surface area contributed by atoms with Crippen LogP contribution in [0.15, 0.2) is 40.1 Å². The third-order valence-electron chi connectivity index (χ3n) is 3.41. The Hall–Kier alpha value is -2.83. The van der Waals surface area contributed by atoms with Crippen LogP contribution in [0, 0.1) is 0 Å². The molecule has 1 aromatic heterocycles. The Morgan fingerprint density at radius 3 is 2.48 bits per heavy atom. The molecule has 0 aliphatic carbocycles. The molecule has 0 fully saturated rings. The molecule has 0 saturated carbocycles. The summed E-state index contributed by atoms with van der Waals surface area (Å²) >= 11 is 0. The molecule has 122 valence electrons. The number of aromatic amines is 2. The Bertz CT molecular complexity index is 775. The van der Waals surface area contributed by atoms with E-state index in [1.165, 1.54) is 11.8 Å². The van der Waals surface area contributed by atoms with Gasteiger partial charge >= 0.3 is 11.7 Å². The predicted molar refractivity (Wildman–Crippen MR) is 88.9 cm³/mol. The number of amides is 2. The highest BCUT2D eigenvalue weighted by atomic mass is 16.2. The van der Waals surface area contributed by atoms with Gasteiger partial charge in [-0.2, -0.15) is 0 Å². The highest BCUT2D eigenvalue weighted by molar-refractivity contribution is 5.89. The summed E-state index contributed by atoms with van der Waals surface area (Å²) in [7, 11) is 0. The Labute approximate surface area is 133 Å². The lowest BCUT2D eigenvalue weighted by atomic mass is 10.0. The van der Waals surface area contributed by atoms with Crippen LogP contribution in [0.1, 0.15) is 30.9 Å². The lowest BCUT2D eigenvalue weighted by Gasteiger charge is -2.09. The zero-order valence-corrected chi connectivity index (χ0v) is 13.1. The van der Waals surface area contributed by atoms with Crippen LogP contribution in [-0.4, -0.2) is 22.5 Å². The molecular weight excluding hydrogens is 296 g/mol. The van der Waals surface area contributed by atoms with Crippen molar-refractivity contribution < 1.29 is 4.79 Å². The number of carbonyl (C=O) groups is 1. The third kappa shape index (κ3) is 4.84. The number of benzene rings is 1. The number of carbonyl (C=O) groups excluding carboxylic acids is 1. The molecule has 7 nitrogen and oxygen atoms in total. The number of nitrogens with one attached hydrogen (secondary N) is 4. The van der Waals surface area contributed by atoms with Crippen molar-refractivity contribution in [1.29, 1.82) is 0 Å². The molecule has 23 heavy (non-hydrogen) atoms. The van der Waals surface area contributed by atoms with Crippen LogP contribution in [0.2, 0.25) is 0 Å². The van der Waals surface area contributed by atoms with E-state index in [1.807, 2.05) is 24.3 Å². The molecule has 0 atom stereocenters. The fourth-order valence-electron chi connectivity index (χ4n) is 2.06. The number of aromatic nitrogens is 2. The fraction of sp³-hybridized carbons (Fsp3) is 0.312. The van der Waals surface area contributed by atoms with Gasteiger partial charge in [0.25, 0.3) is 5.56 Å². The van der Waals surface area contributed by atoms with Crippen LogP contribution >= 0.6 is 0 Å². The van der Waals surface area contributed by atoms with E-state index in [0.717, 1.165) is 0 Å². The number of urea groups is 1. The number of hydrogen-bond acceptors (Lipinski definition) is 3. The fourth-order valence-corrected chi connectivity index (χ4v) is 2.06. The topological polar surface area (TPSA) is 107 Å². The zero-order valence-electron chi connectivity index (χ0n) is 13.1. The molecule has 7 heteroatoms. The molecular formula is C16H20N4O3. The second-order valence-electron chi connectivity index (χ2n) is 5.50. The maximum absolute atomic E-state index is 11.8. The summed E-state index contributed by atoms with van der Waals surface area (Å²) in [6.45, 7) is 4.49. The molecule has 0 bridgehead atoms. The van der Waals surface area contributed by atoms with Crippen molar-refractivity contribution in [2.75, 3.05) is 11.9 Å². The molecule has 0 radical (unpaired) electrons. The van der Waals surface area contributed by atoms with Crippen molar-refractivity contribution in [2.45, 2.75) is 26.2 Å². The molecule has 2 amide bonds. The highest BCUT2D eigenvalue weighted by Crippen LogP contribution is 2.16. The minimum absolute atomic E-state index is 0.283. The number of H-pyrrole nitrogens is 2. The van der Waals surface area contributed by atoms with Gasteiger partial charge < -0.3 is 15.6 Å². The lowest BCUT2D eigenvalue weighted by Crippen LogP contribution is -2.32. The van der Waals surface area contributed by atoms with Crippen molar-refractivity contribution in [3.63, 3.8) is 0 Å². The molecule has 0 spiro atoms. The van der Waals surface area contributed by atoms with Crippen molar-refractivity contribution in [1.82, 2.24) is 15.3 Å². The second kappa shape index (κ2) is 7.44. The number of rotatable bonds is 5. The predicted octanol–water partition coefficient (Wildman–Crippen LogP) is 1.55. The Balaban J connectivity index is 1.83. The first kappa shape index (κ1) is 16.5. The van der Waals surface area contributed by atoms with Gasteiger partial charge in [-0.3, -0.25) is 9.78 Å². The van der Waals surface area contributed by atoms with Crippen LogP contribution < -0.4 is 21.9 Å². The minimum atomic E-state index is -0.547. The van der Waals surface area contributed by atoms with E-state index >= 15 is 0 Å². The van der Waals surface area contributed by atoms with Crippen molar-refractivity contribution in [3.05, 3.63) is 62.4 Å². The summed E-state index contributed by atoms with van der Waals surface area (Å²) in [5.41, 5.74) is 1.32. The first-order valence-electron chi connectivity index (χ1n) is 7.41. The SMILES string of the molecule is CC(C)c1ccc(NC(=O)NCCc2c[nH]c(=O)[nH]c2=O)cc1. The van der Waals surface area contributed by atoms with Gasteiger partial charge in [-0.1, -0.05) is 26.0 Å². The van der Waals surface area contributed by atoms with E-state index < -0.39 is 11.2 Å². The summed E-state index contributed by atoms with van der Waals surface area (Å²) in [4.78, 5) is 38.7. The number of anilines is 1. The molecule has 1 heterocycles. The molecule has 0 aliphatic rings. The van der Waals surface area contributed by atoms with Crippen LogP contribution in [0.25, 0.3) is 0 Å². The van der Waals surface area contributed by atoms with Crippen LogP contribution in [0.3, 0.4) is 0 Å². The van der Waals surface area contributed by atoms with E-state index in [2.05, 4.69) is 34.4 Å². The minimum Gasteiger partial charge on any atom is -0.338 e. The van der Waals surface area contributed by atoms with E-state index in [0.29, 0.717) is 23.6 Å². The van der Waals surface area contributed by atoms with E-state index in [4.69, 9.17) is 0 Å². The molecule has 4 N–H and O–H groups in total. The van der Waals surface area contributed by atoms with E-state index in [1.54, 1.807) is 0 Å². The molecule has 0 aliphatic heterocycles. The van der Waals surface area contributed by atoms with E-state index in [-0.39, 0.29) is 12.6 Å². The van der Waals surface area contributed by atoms with Crippen LogP contribution in [-0.2, 0) is 6.42 Å². The third-order valence-corrected chi connectivity index (χ3v) is 3.41. The molecule has 2 rings (SSSR count). The monoisotopic (exact) mass is 316 g/mol. The van der Waals surface area contributed by atoms with E-state index in [9.17, 15) is 14.4 Å². The Morgan fingerprint density at radius 1 is 1.17 bits per heavy atom. The normalized spacial score (nSPS) is 10.6. The van der Waals surface area contributed by atoms with Crippen molar-refractivity contribution in [2.24, 2.45) is 0 Å². The summed E-state index contributed by atoms with van der Waals surface area (Å²) < 4.78 is 0. The van der Waals surface area contributed by atoms with Gasteiger partial charge in [0.15, 0.2) is 0 Å². The van der Waals surface area contributed by atoms with Gasteiger partial charge in [-0.05, 0) is 30.0 Å². The van der Waals surface area contributed by atoms with Gasteiger partial charge in [0.05, 0.1) is 0 Å². The lowest BCUT2D eigenvalue weighted by molar-refractivity contribution is 0.252. The summed E-state index contributed by atoms with van der Waals surface area (Å²) in [5, 5.41) is 5.39. The molecule has 0 saturated heterocycles. The summed E-state index contributed by atoms with van der Waals surface area (Å²) in [6, 6.07) is 7.30. The average Bonchev–Trinajstić information content (AvgIpc) is 2.50. The smallest absolute Gasteiger partial charge is 0.325 e. The number of hydrogen-bond donors (Lipinski definition) is 4. The first-order valence-corrected chi connectivity index (χ1v) is 7.41. The van der Waals surface area contributed by atoms with Crippen molar-refractivity contribution >= 4 is 11.7 Å². The van der Waals surface area contributed by atoms with Gasteiger partial charge in [0.2, 0.25) is 0 Å². The maximum Gasteiger partial charge on any atom is 0.325 e. The first-order chi connectivity index (χ1) is 11.0. The van der Waals surface area contributed by atoms with Gasteiger partial charge in [0.1, 0.15) is 0 Å². The molecule has 2 aromatic rings. The Kier molecular flexibility index (Phi) is 5.35. The van der Waals surface area contributed by atoms with Crippen molar-refractivity contribution in [3.8, 4) is 0 Å². The Morgan fingerprint density at radius 2 is 1.87 bits per heavy atom. The largest absolute Gasteiger partial charge is 0.338 e. The second-order valence-corrected chi connectivity index (χ2v) is 5.50. The van der Waals surface area contributed by atoms with Gasteiger partial charge in [-0.25, -0.2) is 9.59 Å². The van der Waals surface area contributed by atoms with Crippen LogP contribution in [0.5, 0.6) is 0 Å². The highest BCUT2D eigenvalue weighted by Gasteiger charge is 2.04. The van der Waals surface area contributed by atoms with Gasteiger partial charge in [0, 0.05) is 24.0 Å². The summed E-state index contributed by atoms with van der Waals surface area (Å²) in [6.07, 6.45) is 1.68. The zero-order chi connectivity index (χ0) is 16.8. The van der Waals surface area contributed by atoms with Crippen LogP contribution in [0.4, 0.5) is 10.5 Å². The maximum atomic E-state index is 11.8. The van der Waals surface area contributed by atoms with Gasteiger partial charge in [-0.15, -0.1) is 0 Å². The standard InChI is InChI=1S/C16H20N4O3/c1-10(2)11-3-5-13(6-4-11)19-15(22)17-8-7-12-9-18-16(23)20-14(12)21/h3-6,9-10H,7-8H2,1-2H3,(H2,17,19,22)(H2,18,20,21,23). The molecule has 1 aromatic carbocycles.